The van der Waals surface area contributed by atoms with Gasteiger partial charge in [-0.15, -0.1) is 13.2 Å². The normalized spacial score (nSPS) is 11.2. The average Bonchev–Trinajstić information content (AvgIpc) is 2.37. The third-order valence-electron chi connectivity index (χ3n) is 2.37. The predicted octanol–water partition coefficient (Wildman–Crippen LogP) is 4.77. The lowest BCUT2D eigenvalue weighted by molar-refractivity contribution is -0.274. The Morgan fingerprint density at radius 2 is 1.70 bits per heavy atom. The second-order valence-corrected chi connectivity index (χ2v) is 5.08. The molecule has 0 saturated carbocycles. The molecule has 0 N–H and O–H groups in total. The molecule has 0 heterocycles. The molecule has 0 atom stereocenters. The third-order valence-corrected chi connectivity index (χ3v) is 3.22. The summed E-state index contributed by atoms with van der Waals surface area (Å²) < 4.78 is 46.2. The van der Waals surface area contributed by atoms with E-state index in [0.29, 0.717) is 15.9 Å². The van der Waals surface area contributed by atoms with Gasteiger partial charge in [0.2, 0.25) is 0 Å². The summed E-state index contributed by atoms with van der Waals surface area (Å²) in [4.78, 5) is 0. The van der Waals surface area contributed by atoms with Crippen molar-refractivity contribution in [3.63, 3.8) is 0 Å². The van der Waals surface area contributed by atoms with E-state index in [0.717, 1.165) is 5.56 Å². The molecule has 0 saturated heterocycles. The third kappa shape index (κ3) is 4.59. The minimum Gasteiger partial charge on any atom is -0.488 e. The zero-order chi connectivity index (χ0) is 14.6. The first-order valence-electron chi connectivity index (χ1n) is 5.66. The quantitative estimate of drug-likeness (QED) is 0.694. The fourth-order valence-electron chi connectivity index (χ4n) is 1.53. The van der Waals surface area contributed by atoms with Gasteiger partial charge in [-0.1, -0.05) is 30.3 Å². The van der Waals surface area contributed by atoms with E-state index in [1.54, 1.807) is 0 Å². The van der Waals surface area contributed by atoms with Gasteiger partial charge in [-0.05, 0) is 46.4 Å². The van der Waals surface area contributed by atoms with Crippen molar-refractivity contribution < 1.29 is 22.6 Å². The van der Waals surface area contributed by atoms with Crippen LogP contribution in [0.4, 0.5) is 13.2 Å². The van der Waals surface area contributed by atoms with Gasteiger partial charge in [0.1, 0.15) is 18.1 Å². The Morgan fingerprint density at radius 1 is 1.00 bits per heavy atom. The Bertz CT molecular complexity index is 570. The predicted molar refractivity (Wildman–Crippen MR) is 76.6 cm³/mol. The maximum absolute atomic E-state index is 12.1. The summed E-state index contributed by atoms with van der Waals surface area (Å²) in [5.41, 5.74) is 0.985. The van der Waals surface area contributed by atoms with Crippen LogP contribution in [-0.2, 0) is 6.61 Å². The van der Waals surface area contributed by atoms with Crippen LogP contribution in [0.5, 0.6) is 11.5 Å². The van der Waals surface area contributed by atoms with Gasteiger partial charge in [-0.2, -0.15) is 0 Å². The van der Waals surface area contributed by atoms with Crippen LogP contribution in [0, 0.1) is 3.57 Å². The molecule has 0 fully saturated rings. The number of hydrogen-bond acceptors (Lipinski definition) is 2. The molecule has 0 radical (unpaired) electrons. The fourth-order valence-corrected chi connectivity index (χ4v) is 2.17. The Labute approximate surface area is 127 Å². The standard InChI is InChI=1S/C14H10F3IO2/c15-14(16,17)20-11-6-7-13(12(18)8-11)19-9-10-4-2-1-3-5-10/h1-8H,9H2/i14+2. The topological polar surface area (TPSA) is 18.5 Å². The Morgan fingerprint density at radius 3 is 2.30 bits per heavy atom. The number of benzene rings is 2. The smallest absolute Gasteiger partial charge is 0.488 e. The summed E-state index contributed by atoms with van der Waals surface area (Å²) in [5, 5.41) is 0. The van der Waals surface area contributed by atoms with Gasteiger partial charge in [0.15, 0.2) is 0 Å². The molecule has 0 bridgehead atoms. The molecule has 2 aromatic carbocycles. The molecule has 2 nitrogen and oxygen atoms in total. The maximum Gasteiger partial charge on any atom is 0.573 e. The monoisotopic (exact) mass is 396 g/mol. The van der Waals surface area contributed by atoms with Crippen LogP contribution in [0.2, 0.25) is 0 Å². The van der Waals surface area contributed by atoms with Crippen molar-refractivity contribution in [3.05, 3.63) is 57.7 Å². The lowest BCUT2D eigenvalue weighted by atomic mass is 10.2. The Kier molecular flexibility index (Phi) is 4.74. The minimum absolute atomic E-state index is 0.256. The second kappa shape index (κ2) is 6.34. The van der Waals surface area contributed by atoms with Crippen molar-refractivity contribution in [1.29, 1.82) is 0 Å². The first kappa shape index (κ1) is 15.0. The fraction of sp³-hybridized carbons (Fsp3) is 0.143. The summed E-state index contributed by atoms with van der Waals surface area (Å²) in [6.07, 6.45) is -4.69. The van der Waals surface area contributed by atoms with Gasteiger partial charge in [-0.3, -0.25) is 0 Å². The average molecular weight is 396 g/mol. The highest BCUT2D eigenvalue weighted by atomic mass is 127. The van der Waals surface area contributed by atoms with E-state index in [2.05, 4.69) is 4.74 Å². The van der Waals surface area contributed by atoms with Crippen molar-refractivity contribution in [2.75, 3.05) is 0 Å². The van der Waals surface area contributed by atoms with E-state index in [1.165, 1.54) is 18.2 Å². The molecule has 0 aromatic heterocycles. The Hall–Kier alpha value is -1.44. The summed E-state index contributed by atoms with van der Waals surface area (Å²) in [6, 6.07) is 13.5. The molecule has 20 heavy (non-hydrogen) atoms. The number of halogens is 4. The molecular weight excluding hydrogens is 386 g/mol. The van der Waals surface area contributed by atoms with Gasteiger partial charge in [0.25, 0.3) is 0 Å². The van der Waals surface area contributed by atoms with Crippen molar-refractivity contribution in [1.82, 2.24) is 0 Å². The molecule has 2 rings (SSSR count). The van der Waals surface area contributed by atoms with E-state index in [4.69, 9.17) is 4.74 Å². The highest BCUT2D eigenvalue weighted by molar-refractivity contribution is 14.1. The second-order valence-electron chi connectivity index (χ2n) is 3.91. The number of ether oxygens (including phenoxy) is 2. The van der Waals surface area contributed by atoms with Gasteiger partial charge in [0.05, 0.1) is 3.57 Å². The molecule has 106 valence electrons. The van der Waals surface area contributed by atoms with Crippen LogP contribution in [0.3, 0.4) is 0 Å². The summed E-state index contributed by atoms with van der Waals surface area (Å²) in [6.45, 7) is 0.357. The molecule has 0 amide bonds. The molecule has 6 heteroatoms. The van der Waals surface area contributed by atoms with Crippen LogP contribution in [-0.4, -0.2) is 6.36 Å². The zero-order valence-corrected chi connectivity index (χ0v) is 12.3. The summed E-state index contributed by atoms with van der Waals surface area (Å²) in [7, 11) is 0. The van der Waals surface area contributed by atoms with Crippen molar-refractivity contribution in [3.8, 4) is 11.5 Å². The van der Waals surface area contributed by atoms with Crippen LogP contribution in [0.25, 0.3) is 0 Å². The molecule has 0 spiro atoms. The van der Waals surface area contributed by atoms with E-state index in [-0.39, 0.29) is 5.75 Å². The lowest BCUT2D eigenvalue weighted by Gasteiger charge is -2.12. The minimum atomic E-state index is -4.69. The van der Waals surface area contributed by atoms with Crippen LogP contribution in [0.1, 0.15) is 5.56 Å². The molecule has 0 aliphatic carbocycles. The van der Waals surface area contributed by atoms with Crippen LogP contribution in [0.15, 0.2) is 48.5 Å². The largest absolute Gasteiger partial charge is 0.573 e. The van der Waals surface area contributed by atoms with Crippen molar-refractivity contribution >= 4 is 22.6 Å². The number of alkyl halides is 3. The van der Waals surface area contributed by atoms with Crippen LogP contribution >= 0.6 is 22.6 Å². The summed E-state index contributed by atoms with van der Waals surface area (Å²) >= 11 is 1.91. The van der Waals surface area contributed by atoms with Crippen LogP contribution < -0.4 is 9.47 Å². The van der Waals surface area contributed by atoms with Gasteiger partial charge in [-0.25, -0.2) is 0 Å². The highest BCUT2D eigenvalue weighted by Crippen LogP contribution is 2.29. The first-order valence-corrected chi connectivity index (χ1v) is 6.74. The van der Waals surface area contributed by atoms with E-state index in [1.807, 2.05) is 52.9 Å². The zero-order valence-electron chi connectivity index (χ0n) is 10.2. The van der Waals surface area contributed by atoms with E-state index >= 15 is 0 Å². The van der Waals surface area contributed by atoms with Crippen molar-refractivity contribution in [2.45, 2.75) is 13.0 Å². The summed E-state index contributed by atoms with van der Waals surface area (Å²) in [5.74, 6) is 0.262. The molecule has 0 aliphatic heterocycles. The highest BCUT2D eigenvalue weighted by Gasteiger charge is 2.31. The maximum atomic E-state index is 12.1. The van der Waals surface area contributed by atoms with Gasteiger partial charge < -0.3 is 9.47 Å². The number of rotatable bonds is 4. The molecule has 2 aromatic rings. The number of hydrogen-bond donors (Lipinski definition) is 0. The van der Waals surface area contributed by atoms with Crippen molar-refractivity contribution in [2.24, 2.45) is 0 Å². The lowest BCUT2D eigenvalue weighted by Crippen LogP contribution is -2.17. The van der Waals surface area contributed by atoms with E-state index < -0.39 is 6.36 Å². The SMILES string of the molecule is F[14C](F)(F)Oc1ccc(OCc2ccccc2)c(I)c1. The van der Waals surface area contributed by atoms with Gasteiger partial charge >= 0.3 is 6.36 Å². The molecular formula is C14H10F3IO2. The molecule has 0 unspecified atom stereocenters. The molecule has 0 aliphatic rings. The van der Waals surface area contributed by atoms with Gasteiger partial charge in [0, 0.05) is 0 Å². The first-order chi connectivity index (χ1) is 9.44. The Balaban J connectivity index is 2.03. The van der Waals surface area contributed by atoms with E-state index in [9.17, 15) is 13.2 Å².